The van der Waals surface area contributed by atoms with Gasteiger partial charge in [0.15, 0.2) is 0 Å². The third kappa shape index (κ3) is 2.05. The second-order valence-electron chi connectivity index (χ2n) is 4.52. The summed E-state index contributed by atoms with van der Waals surface area (Å²) in [6.45, 7) is 4.22. The van der Waals surface area contributed by atoms with E-state index in [1.807, 2.05) is 0 Å². The highest BCUT2D eigenvalue weighted by Gasteiger charge is 2.36. The molecule has 1 heterocycles. The first-order chi connectivity index (χ1) is 6.35. The van der Waals surface area contributed by atoms with Gasteiger partial charge in [-0.2, -0.15) is 0 Å². The molecule has 0 aromatic heterocycles. The van der Waals surface area contributed by atoms with Crippen LogP contribution in [0.4, 0.5) is 0 Å². The molecule has 2 aliphatic rings. The summed E-state index contributed by atoms with van der Waals surface area (Å²) in [6.07, 6.45) is 7.92. The van der Waals surface area contributed by atoms with Crippen LogP contribution in [0.5, 0.6) is 0 Å². The summed E-state index contributed by atoms with van der Waals surface area (Å²) in [7, 11) is 0. The highest BCUT2D eigenvalue weighted by atomic mass is 16.5. The molecule has 1 saturated heterocycles. The Bertz CT molecular complexity index is 154. The van der Waals surface area contributed by atoms with Crippen LogP contribution in [0.25, 0.3) is 0 Å². The monoisotopic (exact) mass is 183 g/mol. The fourth-order valence-corrected chi connectivity index (χ4v) is 2.48. The van der Waals surface area contributed by atoms with E-state index in [1.54, 1.807) is 0 Å². The van der Waals surface area contributed by atoms with E-state index < -0.39 is 0 Å². The van der Waals surface area contributed by atoms with Crippen molar-refractivity contribution in [2.75, 3.05) is 13.2 Å². The normalized spacial score (nSPS) is 28.4. The maximum absolute atomic E-state index is 5.36. The molecule has 0 aromatic carbocycles. The van der Waals surface area contributed by atoms with E-state index >= 15 is 0 Å². The molecule has 1 aliphatic heterocycles. The zero-order valence-electron chi connectivity index (χ0n) is 8.64. The van der Waals surface area contributed by atoms with Crippen molar-refractivity contribution in [2.24, 2.45) is 0 Å². The smallest absolute Gasteiger partial charge is 0.0480 e. The molecule has 1 N–H and O–H groups in total. The van der Waals surface area contributed by atoms with E-state index in [-0.39, 0.29) is 0 Å². The summed E-state index contributed by atoms with van der Waals surface area (Å²) in [6, 6.07) is 0.731. The molecule has 1 saturated carbocycles. The fraction of sp³-hybridized carbons (Fsp3) is 1.00. The second-order valence-corrected chi connectivity index (χ2v) is 4.52. The predicted octanol–water partition coefficient (Wildman–Crippen LogP) is 2.09. The van der Waals surface area contributed by atoms with Crippen LogP contribution in [0.2, 0.25) is 0 Å². The highest BCUT2D eigenvalue weighted by Crippen LogP contribution is 2.35. The number of hydrogen-bond donors (Lipinski definition) is 1. The molecule has 0 radical (unpaired) electrons. The standard InChI is InChI=1S/C11H21NO/c1-2-11(6-3-7-11)12-10-4-8-13-9-5-10/h10,12H,2-9H2,1H3. The first-order valence-electron chi connectivity index (χ1n) is 5.70. The SMILES string of the molecule is CCC1(NC2CCOCC2)CCC1. The third-order valence-electron chi connectivity index (χ3n) is 3.72. The van der Waals surface area contributed by atoms with Gasteiger partial charge in [-0.3, -0.25) is 0 Å². The molecule has 1 aliphatic carbocycles. The Balaban J connectivity index is 1.81. The van der Waals surface area contributed by atoms with Crippen LogP contribution >= 0.6 is 0 Å². The van der Waals surface area contributed by atoms with E-state index in [9.17, 15) is 0 Å². The topological polar surface area (TPSA) is 21.3 Å². The first kappa shape index (κ1) is 9.47. The number of nitrogens with one attached hydrogen (secondary N) is 1. The van der Waals surface area contributed by atoms with E-state index in [2.05, 4.69) is 12.2 Å². The average Bonchev–Trinajstić information content (AvgIpc) is 2.13. The van der Waals surface area contributed by atoms with Gasteiger partial charge in [0.2, 0.25) is 0 Å². The molecule has 0 amide bonds. The summed E-state index contributed by atoms with van der Waals surface area (Å²) in [5.74, 6) is 0. The van der Waals surface area contributed by atoms with Crippen molar-refractivity contribution in [1.29, 1.82) is 0 Å². The van der Waals surface area contributed by atoms with E-state index in [1.165, 1.54) is 38.5 Å². The number of ether oxygens (including phenoxy) is 1. The molecule has 0 spiro atoms. The molecule has 13 heavy (non-hydrogen) atoms. The van der Waals surface area contributed by atoms with Crippen molar-refractivity contribution in [3.8, 4) is 0 Å². The van der Waals surface area contributed by atoms with Gasteiger partial charge < -0.3 is 10.1 Å². The van der Waals surface area contributed by atoms with Crippen LogP contribution in [0.3, 0.4) is 0 Å². The van der Waals surface area contributed by atoms with Crippen LogP contribution in [-0.2, 0) is 4.74 Å². The molecular weight excluding hydrogens is 162 g/mol. The van der Waals surface area contributed by atoms with Crippen LogP contribution in [-0.4, -0.2) is 24.8 Å². The highest BCUT2D eigenvalue weighted by molar-refractivity contribution is 4.96. The molecule has 2 rings (SSSR count). The van der Waals surface area contributed by atoms with Gasteiger partial charge in [-0.15, -0.1) is 0 Å². The van der Waals surface area contributed by atoms with Gasteiger partial charge in [-0.1, -0.05) is 6.92 Å². The van der Waals surface area contributed by atoms with Gasteiger partial charge in [0.05, 0.1) is 0 Å². The largest absolute Gasteiger partial charge is 0.381 e. The van der Waals surface area contributed by atoms with Gasteiger partial charge >= 0.3 is 0 Å². The summed E-state index contributed by atoms with van der Waals surface area (Å²) >= 11 is 0. The zero-order chi connectivity index (χ0) is 9.15. The Labute approximate surface area is 81.0 Å². The Morgan fingerprint density at radius 1 is 1.31 bits per heavy atom. The number of rotatable bonds is 3. The molecule has 0 atom stereocenters. The minimum absolute atomic E-state index is 0.516. The molecular formula is C11H21NO. The maximum Gasteiger partial charge on any atom is 0.0480 e. The van der Waals surface area contributed by atoms with Gasteiger partial charge in [-0.05, 0) is 38.5 Å². The molecule has 0 bridgehead atoms. The lowest BCUT2D eigenvalue weighted by Crippen LogP contribution is -2.55. The van der Waals surface area contributed by atoms with E-state index in [4.69, 9.17) is 4.74 Å². The van der Waals surface area contributed by atoms with E-state index in [0.717, 1.165) is 19.3 Å². The summed E-state index contributed by atoms with van der Waals surface area (Å²) in [5, 5.41) is 3.84. The summed E-state index contributed by atoms with van der Waals surface area (Å²) in [5.41, 5.74) is 0.516. The van der Waals surface area contributed by atoms with E-state index in [0.29, 0.717) is 5.54 Å². The molecule has 76 valence electrons. The van der Waals surface area contributed by atoms with Crippen molar-refractivity contribution in [3.05, 3.63) is 0 Å². The Kier molecular flexibility index (Phi) is 2.89. The molecule has 0 unspecified atom stereocenters. The van der Waals surface area contributed by atoms with Crippen molar-refractivity contribution in [3.63, 3.8) is 0 Å². The van der Waals surface area contributed by atoms with Crippen LogP contribution in [0.1, 0.15) is 45.4 Å². The summed E-state index contributed by atoms with van der Waals surface area (Å²) < 4.78 is 5.36. The molecule has 0 aromatic rings. The fourth-order valence-electron chi connectivity index (χ4n) is 2.48. The number of hydrogen-bond acceptors (Lipinski definition) is 2. The van der Waals surface area contributed by atoms with Crippen molar-refractivity contribution in [1.82, 2.24) is 5.32 Å². The third-order valence-corrected chi connectivity index (χ3v) is 3.72. The predicted molar refractivity (Wildman–Crippen MR) is 53.8 cm³/mol. The van der Waals surface area contributed by atoms with Crippen LogP contribution in [0, 0.1) is 0 Å². The first-order valence-corrected chi connectivity index (χ1v) is 5.70. The zero-order valence-corrected chi connectivity index (χ0v) is 8.64. The quantitative estimate of drug-likeness (QED) is 0.723. The minimum Gasteiger partial charge on any atom is -0.381 e. The van der Waals surface area contributed by atoms with Gasteiger partial charge in [-0.25, -0.2) is 0 Å². The van der Waals surface area contributed by atoms with Crippen molar-refractivity contribution < 1.29 is 4.74 Å². The molecule has 2 heteroatoms. The van der Waals surface area contributed by atoms with Crippen LogP contribution < -0.4 is 5.32 Å². The van der Waals surface area contributed by atoms with Crippen molar-refractivity contribution >= 4 is 0 Å². The maximum atomic E-state index is 5.36. The van der Waals surface area contributed by atoms with Gasteiger partial charge in [0, 0.05) is 24.8 Å². The van der Waals surface area contributed by atoms with Gasteiger partial charge in [0.1, 0.15) is 0 Å². The Hall–Kier alpha value is -0.0800. The lowest BCUT2D eigenvalue weighted by molar-refractivity contribution is 0.0539. The molecule has 2 nitrogen and oxygen atoms in total. The Morgan fingerprint density at radius 2 is 2.00 bits per heavy atom. The van der Waals surface area contributed by atoms with Crippen molar-refractivity contribution in [2.45, 2.75) is 57.0 Å². The lowest BCUT2D eigenvalue weighted by atomic mass is 9.74. The minimum atomic E-state index is 0.516. The lowest BCUT2D eigenvalue weighted by Gasteiger charge is -2.45. The molecule has 2 fully saturated rings. The second kappa shape index (κ2) is 3.97. The average molecular weight is 183 g/mol. The Morgan fingerprint density at radius 3 is 2.46 bits per heavy atom. The van der Waals surface area contributed by atoms with Gasteiger partial charge in [0.25, 0.3) is 0 Å². The van der Waals surface area contributed by atoms with Crippen LogP contribution in [0.15, 0.2) is 0 Å². The summed E-state index contributed by atoms with van der Waals surface area (Å²) in [4.78, 5) is 0.